The number of carbonyl (C=O) groups excluding carboxylic acids is 2. The van der Waals surface area contributed by atoms with Gasteiger partial charge >= 0.3 is 0 Å². The summed E-state index contributed by atoms with van der Waals surface area (Å²) in [6.45, 7) is 2.55. The molecule has 1 aromatic rings. The number of fused-ring (bicyclic) bond motifs is 2. The van der Waals surface area contributed by atoms with Crippen LogP contribution in [-0.4, -0.2) is 49.0 Å². The number of ether oxygens (including phenoxy) is 1. The average Bonchev–Trinajstić information content (AvgIpc) is 2.98. The molecule has 27 heavy (non-hydrogen) atoms. The van der Waals surface area contributed by atoms with Crippen LogP contribution in [0, 0.1) is 5.92 Å². The van der Waals surface area contributed by atoms with E-state index in [1.807, 2.05) is 25.1 Å². The lowest BCUT2D eigenvalue weighted by Crippen LogP contribution is -2.42. The summed E-state index contributed by atoms with van der Waals surface area (Å²) in [6.07, 6.45) is 5.17. The number of methoxy groups -OCH3 is 1. The Morgan fingerprint density at radius 2 is 1.96 bits per heavy atom. The van der Waals surface area contributed by atoms with E-state index in [9.17, 15) is 9.59 Å². The molecule has 6 nitrogen and oxygen atoms in total. The van der Waals surface area contributed by atoms with Crippen LogP contribution in [0.3, 0.4) is 0 Å². The Morgan fingerprint density at radius 3 is 2.59 bits per heavy atom. The van der Waals surface area contributed by atoms with Crippen LogP contribution in [0.1, 0.15) is 39.0 Å². The molecule has 2 fully saturated rings. The summed E-state index contributed by atoms with van der Waals surface area (Å²) in [5, 5.41) is 6.45. The highest BCUT2D eigenvalue weighted by Crippen LogP contribution is 2.33. The number of anilines is 1. The molecule has 7 heteroatoms. The van der Waals surface area contributed by atoms with E-state index in [2.05, 4.69) is 10.6 Å². The van der Waals surface area contributed by atoms with Gasteiger partial charge in [-0.3, -0.25) is 9.59 Å². The van der Waals surface area contributed by atoms with Gasteiger partial charge in [-0.25, -0.2) is 0 Å². The van der Waals surface area contributed by atoms with Gasteiger partial charge in [0, 0.05) is 36.8 Å². The molecule has 0 aliphatic carbocycles. The van der Waals surface area contributed by atoms with E-state index in [-0.39, 0.29) is 30.8 Å². The topological polar surface area (TPSA) is 70.7 Å². The van der Waals surface area contributed by atoms with Gasteiger partial charge in [0.2, 0.25) is 11.8 Å². The molecule has 2 heterocycles. The van der Waals surface area contributed by atoms with E-state index in [1.165, 1.54) is 12.8 Å². The summed E-state index contributed by atoms with van der Waals surface area (Å²) in [6, 6.07) is 8.38. The number of piperidine rings is 1. The summed E-state index contributed by atoms with van der Waals surface area (Å²) in [7, 11) is 1.59. The highest BCUT2D eigenvalue weighted by molar-refractivity contribution is 5.94. The van der Waals surface area contributed by atoms with Gasteiger partial charge in [0.15, 0.2) is 0 Å². The van der Waals surface area contributed by atoms with Crippen LogP contribution in [0.2, 0.25) is 0 Å². The summed E-state index contributed by atoms with van der Waals surface area (Å²) >= 11 is 0. The Labute approximate surface area is 167 Å². The number of nitrogens with zero attached hydrogens (tertiary/aromatic N) is 1. The molecule has 2 aliphatic heterocycles. The highest BCUT2D eigenvalue weighted by atomic mass is 35.5. The van der Waals surface area contributed by atoms with Gasteiger partial charge in [-0.05, 0) is 50.7 Å². The predicted molar refractivity (Wildman–Crippen MR) is 108 cm³/mol. The molecule has 0 aromatic heterocycles. The molecule has 0 spiro atoms. The lowest BCUT2D eigenvalue weighted by atomic mass is 9.89. The molecule has 0 saturated carbocycles. The van der Waals surface area contributed by atoms with Crippen molar-refractivity contribution in [2.24, 2.45) is 5.92 Å². The predicted octanol–water partition coefficient (Wildman–Crippen LogP) is 2.82. The van der Waals surface area contributed by atoms with Gasteiger partial charge in [0.05, 0.1) is 13.7 Å². The van der Waals surface area contributed by atoms with Crippen molar-refractivity contribution in [3.8, 4) is 5.75 Å². The van der Waals surface area contributed by atoms with Gasteiger partial charge in [-0.15, -0.1) is 12.4 Å². The van der Waals surface area contributed by atoms with E-state index >= 15 is 0 Å². The number of rotatable bonds is 7. The molecule has 2 N–H and O–H groups in total. The molecule has 1 aromatic carbocycles. The van der Waals surface area contributed by atoms with E-state index in [0.29, 0.717) is 42.4 Å². The van der Waals surface area contributed by atoms with Gasteiger partial charge in [-0.2, -0.15) is 0 Å². The third-order valence-corrected chi connectivity index (χ3v) is 5.46. The zero-order chi connectivity index (χ0) is 18.5. The first-order valence-corrected chi connectivity index (χ1v) is 9.55. The van der Waals surface area contributed by atoms with E-state index in [4.69, 9.17) is 4.74 Å². The standard InChI is InChI=1S/C20H29N3O3.ClH/c1-3-23(13-19(24)22-15-5-4-6-18(12-15)26-2)20(25)11-14-9-16-7-8-17(10-14)21-16;/h4-6,12,14,16-17,21H,3,7-11,13H2,1-2H3,(H,22,24);1H. The Morgan fingerprint density at radius 1 is 1.26 bits per heavy atom. The van der Waals surface area contributed by atoms with Crippen molar-refractivity contribution in [1.82, 2.24) is 10.2 Å². The van der Waals surface area contributed by atoms with Crippen molar-refractivity contribution in [1.29, 1.82) is 0 Å². The van der Waals surface area contributed by atoms with Crippen LogP contribution in [0.5, 0.6) is 5.75 Å². The van der Waals surface area contributed by atoms with Crippen LogP contribution in [-0.2, 0) is 9.59 Å². The minimum atomic E-state index is -0.182. The number of carbonyl (C=O) groups is 2. The zero-order valence-electron chi connectivity index (χ0n) is 16.1. The van der Waals surface area contributed by atoms with Gasteiger partial charge < -0.3 is 20.3 Å². The number of amides is 2. The van der Waals surface area contributed by atoms with Crippen molar-refractivity contribution in [2.75, 3.05) is 25.5 Å². The molecule has 2 amide bonds. The number of halogens is 1. The molecule has 2 atom stereocenters. The molecular weight excluding hydrogens is 366 g/mol. The monoisotopic (exact) mass is 395 g/mol. The van der Waals surface area contributed by atoms with Crippen LogP contribution in [0.15, 0.2) is 24.3 Å². The molecule has 2 bridgehead atoms. The molecule has 2 aliphatic rings. The summed E-state index contributed by atoms with van der Waals surface area (Å²) in [5.74, 6) is 1.03. The lowest BCUT2D eigenvalue weighted by molar-refractivity contribution is -0.135. The molecule has 3 rings (SSSR count). The van der Waals surface area contributed by atoms with Crippen LogP contribution in [0.25, 0.3) is 0 Å². The van der Waals surface area contributed by atoms with Crippen molar-refractivity contribution in [2.45, 2.75) is 51.1 Å². The minimum absolute atomic E-state index is 0. The third-order valence-electron chi connectivity index (χ3n) is 5.46. The van der Waals surface area contributed by atoms with Crippen molar-refractivity contribution in [3.63, 3.8) is 0 Å². The lowest BCUT2D eigenvalue weighted by Gasteiger charge is -2.30. The maximum atomic E-state index is 12.7. The summed E-state index contributed by atoms with van der Waals surface area (Å²) in [5.41, 5.74) is 0.674. The highest BCUT2D eigenvalue weighted by Gasteiger charge is 2.34. The minimum Gasteiger partial charge on any atom is -0.497 e. The number of benzene rings is 1. The quantitative estimate of drug-likeness (QED) is 0.744. The van der Waals surface area contributed by atoms with Crippen LogP contribution >= 0.6 is 12.4 Å². The first-order chi connectivity index (χ1) is 12.6. The fraction of sp³-hybridized carbons (Fsp3) is 0.600. The van der Waals surface area contributed by atoms with E-state index in [0.717, 1.165) is 12.8 Å². The number of nitrogens with one attached hydrogen (secondary N) is 2. The van der Waals surface area contributed by atoms with Crippen LogP contribution in [0.4, 0.5) is 5.69 Å². The molecule has 2 unspecified atom stereocenters. The maximum absolute atomic E-state index is 12.7. The van der Waals surface area contributed by atoms with E-state index in [1.54, 1.807) is 18.1 Å². The number of likely N-dealkylation sites (N-methyl/N-ethyl adjacent to an activating group) is 1. The molecule has 0 radical (unpaired) electrons. The van der Waals surface area contributed by atoms with Crippen molar-refractivity contribution < 1.29 is 14.3 Å². The maximum Gasteiger partial charge on any atom is 0.243 e. The van der Waals surface area contributed by atoms with Crippen molar-refractivity contribution in [3.05, 3.63) is 24.3 Å². The van der Waals surface area contributed by atoms with E-state index < -0.39 is 0 Å². The Hall–Kier alpha value is -1.79. The third kappa shape index (κ3) is 5.84. The second kappa shape index (κ2) is 9.95. The smallest absolute Gasteiger partial charge is 0.243 e. The number of hydrogen-bond acceptors (Lipinski definition) is 4. The first kappa shape index (κ1) is 21.5. The zero-order valence-corrected chi connectivity index (χ0v) is 16.9. The Bertz CT molecular complexity index is 643. The Kier molecular flexibility index (Phi) is 7.92. The normalized spacial score (nSPS) is 23.3. The van der Waals surface area contributed by atoms with Crippen molar-refractivity contribution >= 4 is 29.9 Å². The van der Waals surface area contributed by atoms with Gasteiger partial charge in [0.1, 0.15) is 5.75 Å². The summed E-state index contributed by atoms with van der Waals surface area (Å²) in [4.78, 5) is 26.7. The average molecular weight is 396 g/mol. The SMILES string of the molecule is CCN(CC(=O)Nc1cccc(OC)c1)C(=O)CC1CC2CCC(C1)N2.Cl. The van der Waals surface area contributed by atoms with Crippen LogP contribution < -0.4 is 15.4 Å². The largest absolute Gasteiger partial charge is 0.497 e. The van der Waals surface area contributed by atoms with Gasteiger partial charge in [0.25, 0.3) is 0 Å². The number of hydrogen-bond donors (Lipinski definition) is 2. The second-order valence-electron chi connectivity index (χ2n) is 7.37. The summed E-state index contributed by atoms with van der Waals surface area (Å²) < 4.78 is 5.16. The fourth-order valence-electron chi connectivity index (χ4n) is 4.17. The molecule has 150 valence electrons. The fourth-order valence-corrected chi connectivity index (χ4v) is 4.17. The van der Waals surface area contributed by atoms with Gasteiger partial charge in [-0.1, -0.05) is 6.07 Å². The Balaban J connectivity index is 0.00000261. The second-order valence-corrected chi connectivity index (χ2v) is 7.37. The first-order valence-electron chi connectivity index (χ1n) is 9.55. The molecule has 2 saturated heterocycles. The molecular formula is C20H30ClN3O3.